The van der Waals surface area contributed by atoms with Gasteiger partial charge < -0.3 is 19.3 Å². The van der Waals surface area contributed by atoms with E-state index in [1.807, 2.05) is 0 Å². The number of allylic oxidation sites excluding steroid dienone is 1. The van der Waals surface area contributed by atoms with Crippen molar-refractivity contribution in [1.82, 2.24) is 0 Å². The summed E-state index contributed by atoms with van der Waals surface area (Å²) >= 11 is 0. The summed E-state index contributed by atoms with van der Waals surface area (Å²) in [6.07, 6.45) is 14.3. The van der Waals surface area contributed by atoms with Gasteiger partial charge in [0.2, 0.25) is 0 Å². The van der Waals surface area contributed by atoms with E-state index >= 15 is 0 Å². The lowest BCUT2D eigenvalue weighted by Crippen LogP contribution is -2.67. The first kappa shape index (κ1) is 38.6. The Labute approximate surface area is 312 Å². The average molecular weight is 717 g/mol. The summed E-state index contributed by atoms with van der Waals surface area (Å²) in [7, 11) is 0. The summed E-state index contributed by atoms with van der Waals surface area (Å²) < 4.78 is 17.3. The van der Waals surface area contributed by atoms with Crippen LogP contribution < -0.4 is 0 Å². The number of hydrogen-bond acceptors (Lipinski definition) is 7. The molecule has 52 heavy (non-hydrogen) atoms. The largest absolute Gasteiger partial charge is 0.508 e. The zero-order chi connectivity index (χ0) is 37.7. The number of phenols is 1. The van der Waals surface area contributed by atoms with Gasteiger partial charge in [-0.3, -0.25) is 9.59 Å². The molecule has 0 aromatic heterocycles. The van der Waals surface area contributed by atoms with Crippen LogP contribution in [0.5, 0.6) is 5.75 Å². The first-order valence-corrected chi connectivity index (χ1v) is 20.1. The van der Waals surface area contributed by atoms with Gasteiger partial charge >= 0.3 is 17.9 Å². The van der Waals surface area contributed by atoms with Crippen LogP contribution in [0.3, 0.4) is 0 Å². The van der Waals surface area contributed by atoms with Crippen LogP contribution >= 0.6 is 0 Å². The number of esters is 3. The van der Waals surface area contributed by atoms with E-state index in [4.69, 9.17) is 14.2 Å². The van der Waals surface area contributed by atoms with Gasteiger partial charge in [0.25, 0.3) is 0 Å². The minimum absolute atomic E-state index is 0.0433. The molecule has 10 atom stereocenters. The quantitative estimate of drug-likeness (QED) is 0.111. The molecule has 1 aromatic carbocycles. The fourth-order valence-corrected chi connectivity index (χ4v) is 13.4. The monoisotopic (exact) mass is 716 g/mol. The summed E-state index contributed by atoms with van der Waals surface area (Å²) in [4.78, 5) is 37.9. The van der Waals surface area contributed by atoms with Crippen molar-refractivity contribution < 1.29 is 33.7 Å². The van der Waals surface area contributed by atoms with Crippen molar-refractivity contribution in [2.75, 3.05) is 13.2 Å². The second-order valence-electron chi connectivity index (χ2n) is 18.7. The third-order valence-electron chi connectivity index (χ3n) is 16.1. The highest BCUT2D eigenvalue weighted by Crippen LogP contribution is 2.77. The number of rotatable bonds is 10. The highest BCUT2D eigenvalue weighted by atomic mass is 16.5. The zero-order valence-electron chi connectivity index (χ0n) is 32.9. The van der Waals surface area contributed by atoms with Crippen molar-refractivity contribution in [3.05, 3.63) is 48.1 Å². The van der Waals surface area contributed by atoms with Crippen molar-refractivity contribution >= 4 is 24.0 Å². The lowest BCUT2D eigenvalue weighted by Gasteiger charge is -2.73. The van der Waals surface area contributed by atoms with Crippen molar-refractivity contribution in [1.29, 1.82) is 0 Å². The number of hydrogen-bond donors (Lipinski definition) is 1. The fraction of sp³-hybridized carbons (Fsp3) is 0.711. The van der Waals surface area contributed by atoms with Crippen LogP contribution in [0.2, 0.25) is 0 Å². The van der Waals surface area contributed by atoms with Crippen LogP contribution in [0.25, 0.3) is 6.08 Å². The van der Waals surface area contributed by atoms with Crippen LogP contribution in [0.4, 0.5) is 0 Å². The summed E-state index contributed by atoms with van der Waals surface area (Å²) in [5.74, 6) is 1.70. The van der Waals surface area contributed by atoms with Gasteiger partial charge in [-0.05, 0) is 148 Å². The molecular formula is C45H64O7. The molecule has 6 rings (SSSR count). The molecule has 0 heterocycles. The van der Waals surface area contributed by atoms with E-state index in [1.165, 1.54) is 30.9 Å². The van der Waals surface area contributed by atoms with E-state index in [2.05, 4.69) is 48.1 Å². The van der Waals surface area contributed by atoms with Crippen LogP contribution in [0.1, 0.15) is 131 Å². The Kier molecular flexibility index (Phi) is 10.6. The highest BCUT2D eigenvalue weighted by molar-refractivity contribution is 5.87. The second-order valence-corrected chi connectivity index (χ2v) is 18.7. The topological polar surface area (TPSA) is 99.1 Å². The minimum Gasteiger partial charge on any atom is -0.508 e. The molecule has 7 heteroatoms. The molecule has 5 aliphatic rings. The molecule has 0 spiro atoms. The Hall–Kier alpha value is -3.09. The average Bonchev–Trinajstić information content (AvgIpc) is 3.48. The predicted molar refractivity (Wildman–Crippen MR) is 203 cm³/mol. The number of benzene rings is 1. The van der Waals surface area contributed by atoms with Crippen molar-refractivity contribution in [3.63, 3.8) is 0 Å². The number of aromatic hydroxyl groups is 1. The minimum atomic E-state index is -0.349. The first-order chi connectivity index (χ1) is 24.5. The second kappa shape index (κ2) is 14.3. The van der Waals surface area contributed by atoms with Crippen molar-refractivity contribution in [3.8, 4) is 5.75 Å². The van der Waals surface area contributed by atoms with Gasteiger partial charge in [0, 0.05) is 16.9 Å². The number of carbonyl (C=O) groups excluding carboxylic acids is 3. The number of fused-ring (bicyclic) bond motifs is 7. The Bertz CT molecular complexity index is 1560. The molecule has 0 radical (unpaired) electrons. The summed E-state index contributed by atoms with van der Waals surface area (Å²) in [6.45, 7) is 21.7. The Morgan fingerprint density at radius 2 is 1.52 bits per heavy atom. The smallest absolute Gasteiger partial charge is 0.331 e. The molecule has 286 valence electrons. The summed E-state index contributed by atoms with van der Waals surface area (Å²) in [5, 5.41) is 9.59. The van der Waals surface area contributed by atoms with E-state index in [9.17, 15) is 19.5 Å². The third kappa shape index (κ3) is 6.54. The molecule has 1 N–H and O–H groups in total. The van der Waals surface area contributed by atoms with Gasteiger partial charge in [0.05, 0.1) is 26.1 Å². The fourth-order valence-electron chi connectivity index (χ4n) is 13.4. The maximum atomic E-state index is 13.1. The molecule has 5 saturated carbocycles. The van der Waals surface area contributed by atoms with Crippen LogP contribution in [-0.4, -0.2) is 42.3 Å². The van der Waals surface area contributed by atoms with Gasteiger partial charge in [-0.2, -0.15) is 0 Å². The summed E-state index contributed by atoms with van der Waals surface area (Å²) in [6, 6.07) is 6.80. The molecule has 5 fully saturated rings. The molecule has 0 amide bonds. The van der Waals surface area contributed by atoms with Gasteiger partial charge in [0.15, 0.2) is 0 Å². The van der Waals surface area contributed by atoms with Crippen molar-refractivity contribution in [2.24, 2.45) is 56.7 Å². The zero-order valence-corrected chi connectivity index (χ0v) is 32.9. The standard InChI is InChI=1S/C45H64O7/c1-9-50-37(47)18-19-38(48)51-28-45-25-20-32(29(2)3)40(45)33-15-16-35-42(6)23-22-36(52-39(49)17-12-30-10-13-31(46)14-11-30)41(4,5)34(42)21-24-44(35,8)43(33,7)26-27-45/h10-14,17,32-36,40,46H,2,9,15-16,18-28H2,1,3-8H3/b17-12+/t32-,33+,34-,35+,36-,40+,42-,43+,44+,45+/m0/s1. The number of phenolic OH excluding ortho intramolecular Hbond substituents is 1. The Morgan fingerprint density at radius 1 is 0.827 bits per heavy atom. The maximum absolute atomic E-state index is 13.1. The third-order valence-corrected chi connectivity index (χ3v) is 16.1. The lowest BCUT2D eigenvalue weighted by atomic mass is 9.32. The molecule has 0 aliphatic heterocycles. The number of carbonyl (C=O) groups is 3. The number of ether oxygens (including phenoxy) is 3. The molecular weight excluding hydrogens is 652 g/mol. The van der Waals surface area contributed by atoms with E-state index in [1.54, 1.807) is 37.3 Å². The van der Waals surface area contributed by atoms with Gasteiger partial charge in [-0.25, -0.2) is 4.79 Å². The van der Waals surface area contributed by atoms with E-state index < -0.39 is 0 Å². The predicted octanol–water partition coefficient (Wildman–Crippen LogP) is 9.86. The Morgan fingerprint density at radius 3 is 2.19 bits per heavy atom. The van der Waals surface area contributed by atoms with Crippen molar-refractivity contribution in [2.45, 2.75) is 132 Å². The van der Waals surface area contributed by atoms with E-state index in [0.717, 1.165) is 50.5 Å². The highest BCUT2D eigenvalue weighted by Gasteiger charge is 2.71. The molecule has 0 bridgehead atoms. The molecule has 0 unspecified atom stereocenters. The van der Waals surface area contributed by atoms with E-state index in [-0.39, 0.29) is 69.7 Å². The van der Waals surface area contributed by atoms with E-state index in [0.29, 0.717) is 42.8 Å². The molecule has 7 nitrogen and oxygen atoms in total. The van der Waals surface area contributed by atoms with Crippen LogP contribution in [0, 0.1) is 56.7 Å². The van der Waals surface area contributed by atoms with Crippen LogP contribution in [0.15, 0.2) is 42.5 Å². The molecule has 1 aromatic rings. The summed E-state index contributed by atoms with van der Waals surface area (Å²) in [5.41, 5.74) is 2.42. The normalized spacial score (nSPS) is 39.0. The molecule has 5 aliphatic carbocycles. The van der Waals surface area contributed by atoms with Crippen LogP contribution in [-0.2, 0) is 28.6 Å². The van der Waals surface area contributed by atoms with Gasteiger partial charge in [-0.15, -0.1) is 0 Å². The maximum Gasteiger partial charge on any atom is 0.331 e. The molecule has 0 saturated heterocycles. The van der Waals surface area contributed by atoms with Gasteiger partial charge in [-0.1, -0.05) is 58.9 Å². The van der Waals surface area contributed by atoms with Gasteiger partial charge in [0.1, 0.15) is 11.9 Å². The Balaban J connectivity index is 1.19. The lowest BCUT2D eigenvalue weighted by molar-refractivity contribution is -0.251. The SMILES string of the molecule is C=C(C)[C@@H]1CC[C@]2(COC(=O)CCC(=O)OCC)CC[C@]3(C)[C@H](CC[C@@H]4[C@@]5(C)CC[C@H](OC(=O)/C=C/c6ccc(O)cc6)C(C)(C)[C@@H]5CC[C@]43C)[C@@H]12. The first-order valence-electron chi connectivity index (χ1n) is 20.1.